The molecule has 0 spiro atoms. The number of unbranched alkanes of at least 4 members (excludes halogenated alkanes) is 2. The Morgan fingerprint density at radius 3 is 1.90 bits per heavy atom. The van der Waals surface area contributed by atoms with E-state index in [1.54, 1.807) is 0 Å². The second-order valence-electron chi connectivity index (χ2n) is 6.77. The van der Waals surface area contributed by atoms with Crippen molar-refractivity contribution >= 4 is 0 Å². The number of hydrogen-bond donors (Lipinski definition) is 0. The summed E-state index contributed by atoms with van der Waals surface area (Å²) < 4.78 is 1.27. The van der Waals surface area contributed by atoms with E-state index in [0.717, 1.165) is 6.04 Å². The Labute approximate surface area is 133 Å². The van der Waals surface area contributed by atoms with Gasteiger partial charge in [-0.25, -0.2) is 0 Å². The molecule has 0 aliphatic carbocycles. The lowest BCUT2D eigenvalue weighted by molar-refractivity contribution is -0.934. The molecule has 0 amide bonds. The highest BCUT2D eigenvalue weighted by atomic mass is 15.4. The third kappa shape index (κ3) is 6.22. The van der Waals surface area contributed by atoms with Crippen molar-refractivity contribution in [2.24, 2.45) is 0 Å². The highest BCUT2D eigenvalue weighted by Gasteiger charge is 2.30. The first-order chi connectivity index (χ1) is 10.2. The third-order valence-electron chi connectivity index (χ3n) is 4.86. The summed E-state index contributed by atoms with van der Waals surface area (Å²) in [7, 11) is 2.51. The second kappa shape index (κ2) is 10.00. The van der Waals surface area contributed by atoms with E-state index in [2.05, 4.69) is 58.2 Å². The van der Waals surface area contributed by atoms with Crippen LogP contribution in [0.15, 0.2) is 30.3 Å². The van der Waals surface area contributed by atoms with Gasteiger partial charge in [-0.2, -0.15) is 0 Å². The van der Waals surface area contributed by atoms with Crippen molar-refractivity contribution in [3.05, 3.63) is 35.9 Å². The highest BCUT2D eigenvalue weighted by Crippen LogP contribution is 2.22. The summed E-state index contributed by atoms with van der Waals surface area (Å²) >= 11 is 0. The summed E-state index contributed by atoms with van der Waals surface area (Å²) in [5.74, 6) is 0. The molecule has 1 nitrogen and oxygen atoms in total. The van der Waals surface area contributed by atoms with Gasteiger partial charge >= 0.3 is 0 Å². The third-order valence-corrected chi connectivity index (χ3v) is 4.86. The Hall–Kier alpha value is -0.820. The minimum atomic E-state index is 0.774. The molecule has 0 saturated carbocycles. The number of benzene rings is 1. The Kier molecular flexibility index (Phi) is 8.68. The Morgan fingerprint density at radius 2 is 1.43 bits per heavy atom. The molecule has 21 heavy (non-hydrogen) atoms. The molecule has 1 unspecified atom stereocenters. The lowest BCUT2D eigenvalue weighted by atomic mass is 9.97. The molecule has 0 bridgehead atoms. The minimum Gasteiger partial charge on any atom is -0.323 e. The van der Waals surface area contributed by atoms with Crippen molar-refractivity contribution < 1.29 is 4.48 Å². The lowest BCUT2D eigenvalue weighted by Crippen LogP contribution is -2.54. The van der Waals surface area contributed by atoms with Crippen LogP contribution in [0.25, 0.3) is 0 Å². The first-order valence-electron chi connectivity index (χ1n) is 9.04. The number of quaternary nitrogens is 1. The molecular formula is C20H36N+. The van der Waals surface area contributed by atoms with Gasteiger partial charge in [0.05, 0.1) is 26.2 Å². The average molecular weight is 291 g/mol. The van der Waals surface area contributed by atoms with E-state index in [-0.39, 0.29) is 0 Å². The van der Waals surface area contributed by atoms with Crippen LogP contribution in [0.3, 0.4) is 0 Å². The quantitative estimate of drug-likeness (QED) is 0.476. The van der Waals surface area contributed by atoms with Gasteiger partial charge in [0, 0.05) is 6.42 Å². The Morgan fingerprint density at radius 1 is 0.857 bits per heavy atom. The van der Waals surface area contributed by atoms with Crippen LogP contribution < -0.4 is 0 Å². The van der Waals surface area contributed by atoms with E-state index >= 15 is 0 Å². The maximum Gasteiger partial charge on any atom is 0.0929 e. The maximum absolute atomic E-state index is 2.51. The monoisotopic (exact) mass is 290 g/mol. The SMILES string of the molecule is CCCC[N+](C)(CCCC)C(CCC)Cc1ccccc1. The molecule has 1 rings (SSSR count). The zero-order chi connectivity index (χ0) is 15.6. The van der Waals surface area contributed by atoms with Gasteiger partial charge in [-0.05, 0) is 24.8 Å². The number of rotatable bonds is 11. The molecule has 0 aliphatic rings. The van der Waals surface area contributed by atoms with Crippen LogP contribution in [0.2, 0.25) is 0 Å². The smallest absolute Gasteiger partial charge is 0.0929 e. The van der Waals surface area contributed by atoms with Crippen molar-refractivity contribution in [1.29, 1.82) is 0 Å². The lowest BCUT2D eigenvalue weighted by Gasteiger charge is -2.42. The summed E-state index contributed by atoms with van der Waals surface area (Å²) in [5.41, 5.74) is 1.51. The standard InChI is InChI=1S/C20H36N/c1-5-8-16-21(4,17-9-6-2)20(13-7-3)18-19-14-11-10-12-15-19/h10-12,14-15,20H,5-9,13,16-18H2,1-4H3/q+1. The highest BCUT2D eigenvalue weighted by molar-refractivity contribution is 5.15. The van der Waals surface area contributed by atoms with Gasteiger partial charge in [0.15, 0.2) is 0 Å². The van der Waals surface area contributed by atoms with Gasteiger partial charge in [-0.1, -0.05) is 70.4 Å². The predicted octanol–water partition coefficient (Wildman–Crippen LogP) is 5.44. The Balaban J connectivity index is 2.84. The minimum absolute atomic E-state index is 0.774. The summed E-state index contributed by atoms with van der Waals surface area (Å²) in [5, 5.41) is 0. The van der Waals surface area contributed by atoms with Crippen LogP contribution >= 0.6 is 0 Å². The van der Waals surface area contributed by atoms with Gasteiger partial charge in [0.25, 0.3) is 0 Å². The van der Waals surface area contributed by atoms with Gasteiger partial charge in [0.1, 0.15) is 0 Å². The summed E-state index contributed by atoms with van der Waals surface area (Å²) in [6.07, 6.45) is 9.21. The predicted molar refractivity (Wildman–Crippen MR) is 94.6 cm³/mol. The summed E-state index contributed by atoms with van der Waals surface area (Å²) in [4.78, 5) is 0. The molecule has 0 aromatic heterocycles. The molecule has 0 radical (unpaired) electrons. The second-order valence-corrected chi connectivity index (χ2v) is 6.77. The van der Waals surface area contributed by atoms with Crippen LogP contribution in [0, 0.1) is 0 Å². The molecular weight excluding hydrogens is 254 g/mol. The van der Waals surface area contributed by atoms with Crippen LogP contribution in [0.5, 0.6) is 0 Å². The number of likely N-dealkylation sites (N-methyl/N-ethyl adjacent to an activating group) is 1. The van der Waals surface area contributed by atoms with Crippen molar-refractivity contribution in [2.45, 2.75) is 71.8 Å². The van der Waals surface area contributed by atoms with Gasteiger partial charge in [0.2, 0.25) is 0 Å². The number of hydrogen-bond acceptors (Lipinski definition) is 0. The van der Waals surface area contributed by atoms with Crippen LogP contribution in [-0.4, -0.2) is 30.7 Å². The van der Waals surface area contributed by atoms with Crippen LogP contribution in [-0.2, 0) is 6.42 Å². The van der Waals surface area contributed by atoms with Crippen molar-refractivity contribution in [1.82, 2.24) is 0 Å². The van der Waals surface area contributed by atoms with E-state index in [9.17, 15) is 0 Å². The molecule has 1 aromatic carbocycles. The fourth-order valence-electron chi connectivity index (χ4n) is 3.37. The topological polar surface area (TPSA) is 0 Å². The van der Waals surface area contributed by atoms with Crippen molar-refractivity contribution in [2.75, 3.05) is 20.1 Å². The largest absolute Gasteiger partial charge is 0.323 e. The molecule has 1 heteroatoms. The van der Waals surface area contributed by atoms with E-state index in [1.807, 2.05) is 0 Å². The van der Waals surface area contributed by atoms with Crippen LogP contribution in [0.1, 0.15) is 64.9 Å². The summed E-state index contributed by atoms with van der Waals surface area (Å²) in [6, 6.07) is 11.9. The zero-order valence-electron chi connectivity index (χ0n) is 14.8. The van der Waals surface area contributed by atoms with Crippen molar-refractivity contribution in [3.8, 4) is 0 Å². The average Bonchev–Trinajstić information content (AvgIpc) is 2.51. The maximum atomic E-state index is 2.51. The molecule has 0 fully saturated rings. The fraction of sp³-hybridized carbons (Fsp3) is 0.700. The van der Waals surface area contributed by atoms with Gasteiger partial charge in [-0.3, -0.25) is 0 Å². The van der Waals surface area contributed by atoms with Gasteiger partial charge in [-0.15, -0.1) is 0 Å². The zero-order valence-corrected chi connectivity index (χ0v) is 14.8. The summed E-state index contributed by atoms with van der Waals surface area (Å²) in [6.45, 7) is 9.65. The van der Waals surface area contributed by atoms with E-state index in [1.165, 1.54) is 68.1 Å². The molecule has 0 saturated heterocycles. The molecule has 0 heterocycles. The molecule has 1 aromatic rings. The molecule has 120 valence electrons. The fourth-order valence-corrected chi connectivity index (χ4v) is 3.37. The van der Waals surface area contributed by atoms with E-state index in [4.69, 9.17) is 0 Å². The van der Waals surface area contributed by atoms with E-state index in [0.29, 0.717) is 0 Å². The first kappa shape index (κ1) is 18.2. The van der Waals surface area contributed by atoms with Crippen LogP contribution in [0.4, 0.5) is 0 Å². The first-order valence-corrected chi connectivity index (χ1v) is 9.04. The number of nitrogens with zero attached hydrogens (tertiary/aromatic N) is 1. The molecule has 1 atom stereocenters. The van der Waals surface area contributed by atoms with E-state index < -0.39 is 0 Å². The van der Waals surface area contributed by atoms with Gasteiger partial charge < -0.3 is 4.48 Å². The molecule has 0 aliphatic heterocycles. The van der Waals surface area contributed by atoms with Crippen molar-refractivity contribution in [3.63, 3.8) is 0 Å². The normalized spacial score (nSPS) is 13.3. The molecule has 0 N–H and O–H groups in total. The Bertz CT molecular complexity index is 349.